The van der Waals surface area contributed by atoms with Gasteiger partial charge in [0.15, 0.2) is 0 Å². The van der Waals surface area contributed by atoms with Gasteiger partial charge in [0.2, 0.25) is 0 Å². The summed E-state index contributed by atoms with van der Waals surface area (Å²) in [6, 6.07) is 14.8. The molecule has 2 aromatic carbocycles. The first-order valence-electron chi connectivity index (χ1n) is 11.8. The van der Waals surface area contributed by atoms with Crippen molar-refractivity contribution in [3.8, 4) is 0 Å². The Kier molecular flexibility index (Phi) is 10.8. The molecular formula is C25H34Cl2N4O2S. The van der Waals surface area contributed by atoms with Gasteiger partial charge in [0, 0.05) is 60.5 Å². The zero-order valence-electron chi connectivity index (χ0n) is 19.5. The van der Waals surface area contributed by atoms with Gasteiger partial charge in [0.05, 0.1) is 11.4 Å². The van der Waals surface area contributed by atoms with Crippen molar-refractivity contribution in [1.29, 1.82) is 0 Å². The number of benzene rings is 2. The number of carbonyl (C=O) groups is 1. The van der Waals surface area contributed by atoms with E-state index in [1.54, 1.807) is 0 Å². The van der Waals surface area contributed by atoms with Crippen molar-refractivity contribution in [2.75, 3.05) is 63.9 Å². The van der Waals surface area contributed by atoms with Gasteiger partial charge in [-0.1, -0.05) is 35.5 Å². The van der Waals surface area contributed by atoms with Crippen molar-refractivity contribution in [2.24, 2.45) is 5.73 Å². The molecule has 4 rings (SSSR count). The van der Waals surface area contributed by atoms with Gasteiger partial charge in [-0.3, -0.25) is 9.69 Å². The van der Waals surface area contributed by atoms with Crippen molar-refractivity contribution in [2.45, 2.75) is 29.1 Å². The summed E-state index contributed by atoms with van der Waals surface area (Å²) in [7, 11) is 0. The van der Waals surface area contributed by atoms with E-state index >= 15 is 0 Å². The summed E-state index contributed by atoms with van der Waals surface area (Å²) >= 11 is 8.15. The minimum Gasteiger partial charge on any atom is -0.464 e. The molecular weight excluding hydrogens is 491 g/mol. The van der Waals surface area contributed by atoms with Crippen molar-refractivity contribution in [1.82, 2.24) is 9.80 Å². The molecule has 0 spiro atoms. The second-order valence-electron chi connectivity index (χ2n) is 8.48. The number of fused-ring (bicyclic) bond motifs is 2. The lowest BCUT2D eigenvalue weighted by Crippen LogP contribution is -2.47. The van der Waals surface area contributed by atoms with Crippen molar-refractivity contribution < 1.29 is 9.53 Å². The molecule has 0 bridgehead atoms. The normalized spacial score (nSPS) is 15.9. The summed E-state index contributed by atoms with van der Waals surface area (Å²) in [4.78, 5) is 21.5. The van der Waals surface area contributed by atoms with Crippen LogP contribution in [0.2, 0.25) is 5.02 Å². The summed E-state index contributed by atoms with van der Waals surface area (Å²) in [5.41, 5.74) is 7.90. The highest BCUT2D eigenvalue weighted by Crippen LogP contribution is 2.48. The first kappa shape index (κ1) is 27.1. The van der Waals surface area contributed by atoms with Gasteiger partial charge < -0.3 is 20.3 Å². The number of rotatable bonds is 10. The first-order valence-corrected chi connectivity index (χ1v) is 13.0. The van der Waals surface area contributed by atoms with Crippen LogP contribution in [0, 0.1) is 0 Å². The Morgan fingerprint density at radius 2 is 1.65 bits per heavy atom. The van der Waals surface area contributed by atoms with Crippen LogP contribution in [0.25, 0.3) is 0 Å². The van der Waals surface area contributed by atoms with Crippen LogP contribution in [0.5, 0.6) is 0 Å². The Morgan fingerprint density at radius 1 is 0.941 bits per heavy atom. The third kappa shape index (κ3) is 7.26. The lowest BCUT2D eigenvalue weighted by molar-refractivity contribution is -0.144. The molecule has 1 saturated heterocycles. The number of carbonyl (C=O) groups excluding carboxylic acids is 1. The zero-order valence-corrected chi connectivity index (χ0v) is 21.8. The Hall–Kier alpha value is -1.48. The highest BCUT2D eigenvalue weighted by Gasteiger charge is 2.24. The zero-order chi connectivity index (χ0) is 23.0. The maximum Gasteiger partial charge on any atom is 0.305 e. The van der Waals surface area contributed by atoms with Gasteiger partial charge in [-0.2, -0.15) is 0 Å². The molecule has 0 saturated carbocycles. The van der Waals surface area contributed by atoms with E-state index in [2.05, 4.69) is 51.1 Å². The Morgan fingerprint density at radius 3 is 2.41 bits per heavy atom. The quantitative estimate of drug-likeness (QED) is 0.453. The first-order chi connectivity index (χ1) is 16.1. The van der Waals surface area contributed by atoms with Crippen molar-refractivity contribution >= 4 is 53.1 Å². The molecule has 2 aliphatic heterocycles. The summed E-state index contributed by atoms with van der Waals surface area (Å²) in [6.07, 6.45) is 2.20. The Bertz CT molecular complexity index is 941. The van der Waals surface area contributed by atoms with E-state index < -0.39 is 0 Å². The van der Waals surface area contributed by atoms with Crippen LogP contribution < -0.4 is 10.6 Å². The van der Waals surface area contributed by atoms with Crippen LogP contribution in [0.15, 0.2) is 52.3 Å². The molecule has 2 N–H and O–H groups in total. The number of para-hydroxylation sites is 1. The summed E-state index contributed by atoms with van der Waals surface area (Å²) in [5, 5.41) is 0.778. The number of anilines is 2. The molecule has 2 aromatic rings. The molecule has 2 heterocycles. The van der Waals surface area contributed by atoms with E-state index in [4.69, 9.17) is 22.1 Å². The highest BCUT2D eigenvalue weighted by molar-refractivity contribution is 7.99. The molecule has 0 unspecified atom stereocenters. The highest BCUT2D eigenvalue weighted by atomic mass is 35.5. The van der Waals surface area contributed by atoms with E-state index in [0.717, 1.165) is 57.3 Å². The van der Waals surface area contributed by atoms with Crippen molar-refractivity contribution in [3.63, 3.8) is 0 Å². The van der Waals surface area contributed by atoms with Gasteiger partial charge in [0.1, 0.15) is 6.61 Å². The average Bonchev–Trinajstić information content (AvgIpc) is 2.83. The molecule has 0 aliphatic carbocycles. The summed E-state index contributed by atoms with van der Waals surface area (Å²) in [5.74, 6) is -0.139. The molecule has 186 valence electrons. The number of nitrogens with zero attached hydrogens (tertiary/aromatic N) is 3. The summed E-state index contributed by atoms with van der Waals surface area (Å²) < 4.78 is 5.31. The number of nitrogens with two attached hydrogens (primary N) is 1. The number of halogens is 2. The van der Waals surface area contributed by atoms with Crippen LogP contribution >= 0.6 is 35.8 Å². The molecule has 6 nitrogen and oxygen atoms in total. The Balaban J connectivity index is 0.00000324. The maximum atomic E-state index is 11.6. The SMILES string of the molecule is Cl.NCCCC(=O)OCCN1CCN(CCCN2c3ccccc3Sc3ccc(Cl)cc32)CC1. The van der Waals surface area contributed by atoms with E-state index in [1.807, 2.05) is 17.8 Å². The maximum absolute atomic E-state index is 11.6. The van der Waals surface area contributed by atoms with Crippen LogP contribution in [-0.2, 0) is 9.53 Å². The number of hydrogen-bond acceptors (Lipinski definition) is 7. The number of piperazine rings is 1. The molecule has 0 atom stereocenters. The van der Waals surface area contributed by atoms with Crippen LogP contribution in [0.4, 0.5) is 11.4 Å². The largest absolute Gasteiger partial charge is 0.464 e. The number of esters is 1. The molecule has 34 heavy (non-hydrogen) atoms. The van der Waals surface area contributed by atoms with E-state index in [0.29, 0.717) is 26.0 Å². The third-order valence-corrected chi connectivity index (χ3v) is 7.53. The molecule has 0 amide bonds. The lowest BCUT2D eigenvalue weighted by Gasteiger charge is -2.36. The lowest BCUT2D eigenvalue weighted by atomic mass is 10.2. The second kappa shape index (κ2) is 13.6. The van der Waals surface area contributed by atoms with Crippen LogP contribution in [0.3, 0.4) is 0 Å². The van der Waals surface area contributed by atoms with Gasteiger partial charge >= 0.3 is 5.97 Å². The monoisotopic (exact) mass is 524 g/mol. The molecule has 1 fully saturated rings. The fourth-order valence-corrected chi connectivity index (χ4v) is 5.58. The molecule has 0 radical (unpaired) electrons. The minimum atomic E-state index is -0.139. The Labute approximate surface area is 218 Å². The van der Waals surface area contributed by atoms with E-state index in [-0.39, 0.29) is 18.4 Å². The topological polar surface area (TPSA) is 62.0 Å². The number of hydrogen-bond donors (Lipinski definition) is 1. The predicted octanol–water partition coefficient (Wildman–Crippen LogP) is 4.65. The van der Waals surface area contributed by atoms with Gasteiger partial charge in [-0.15, -0.1) is 12.4 Å². The average molecular weight is 526 g/mol. The number of ether oxygens (including phenoxy) is 1. The van der Waals surface area contributed by atoms with Gasteiger partial charge in [0.25, 0.3) is 0 Å². The third-order valence-electron chi connectivity index (χ3n) is 6.16. The van der Waals surface area contributed by atoms with Crippen LogP contribution in [0.1, 0.15) is 19.3 Å². The van der Waals surface area contributed by atoms with Gasteiger partial charge in [-0.05, 0) is 56.3 Å². The van der Waals surface area contributed by atoms with Crippen molar-refractivity contribution in [3.05, 3.63) is 47.5 Å². The van der Waals surface area contributed by atoms with E-state index in [9.17, 15) is 4.79 Å². The molecule has 9 heteroatoms. The predicted molar refractivity (Wildman–Crippen MR) is 143 cm³/mol. The minimum absolute atomic E-state index is 0. The fraction of sp³-hybridized carbons (Fsp3) is 0.480. The van der Waals surface area contributed by atoms with Gasteiger partial charge in [-0.25, -0.2) is 0 Å². The molecule has 0 aromatic heterocycles. The van der Waals surface area contributed by atoms with Crippen LogP contribution in [-0.4, -0.2) is 74.7 Å². The fourth-order valence-electron chi connectivity index (χ4n) is 4.34. The van der Waals surface area contributed by atoms with E-state index in [1.165, 1.54) is 21.2 Å². The standard InChI is InChI=1S/C25H33ClN4O2S.ClH/c26-20-8-9-24-22(19-20)30(21-5-1-2-6-23(21)33-24)12-4-11-28-13-15-29(16-14-28)17-18-32-25(31)7-3-10-27;/h1-2,5-6,8-9,19H,3-4,7,10-18,27H2;1H. The summed E-state index contributed by atoms with van der Waals surface area (Å²) in [6.45, 7) is 7.98. The molecule has 2 aliphatic rings. The second-order valence-corrected chi connectivity index (χ2v) is 10.0. The smallest absolute Gasteiger partial charge is 0.305 e.